The number of sulfonamides is 1. The molecule has 0 saturated carbocycles. The Hall–Kier alpha value is -1.44. The van der Waals surface area contributed by atoms with Crippen LogP contribution in [0.25, 0.3) is 0 Å². The van der Waals surface area contributed by atoms with Gasteiger partial charge < -0.3 is 5.11 Å². The van der Waals surface area contributed by atoms with Gasteiger partial charge in [-0.1, -0.05) is 19.1 Å². The molecule has 0 saturated heterocycles. The van der Waals surface area contributed by atoms with Crippen LogP contribution in [-0.4, -0.2) is 18.5 Å². The van der Waals surface area contributed by atoms with Crippen LogP contribution in [0.15, 0.2) is 40.7 Å². The maximum Gasteiger partial charge on any atom is 0.263 e. The predicted octanol–water partition coefficient (Wildman–Crippen LogP) is 2.39. The first-order valence-electron chi connectivity index (χ1n) is 5.73. The zero-order chi connectivity index (χ0) is 13.9. The van der Waals surface area contributed by atoms with Gasteiger partial charge in [-0.05, 0) is 24.1 Å². The maximum absolute atomic E-state index is 12.1. The Morgan fingerprint density at radius 3 is 2.89 bits per heavy atom. The summed E-state index contributed by atoms with van der Waals surface area (Å²) in [5.41, 5.74) is 0.588. The van der Waals surface area contributed by atoms with Crippen molar-refractivity contribution in [3.8, 4) is 0 Å². The summed E-state index contributed by atoms with van der Waals surface area (Å²) in [5, 5.41) is 11.8. The zero-order valence-electron chi connectivity index (χ0n) is 10.3. The van der Waals surface area contributed by atoms with E-state index in [0.717, 1.165) is 0 Å². The third-order valence-corrected chi connectivity index (χ3v) is 4.75. The number of hydrogen-bond acceptors (Lipinski definition) is 5. The number of hydrogen-bond donors (Lipinski definition) is 2. The van der Waals surface area contributed by atoms with Gasteiger partial charge in [0.2, 0.25) is 0 Å². The number of anilines is 1. The molecular formula is C12H14N2O3S2. The molecular weight excluding hydrogens is 284 g/mol. The molecule has 102 valence electrons. The molecule has 0 bridgehead atoms. The van der Waals surface area contributed by atoms with Crippen LogP contribution in [-0.2, 0) is 10.0 Å². The fraction of sp³-hybridized carbons (Fsp3) is 0.250. The summed E-state index contributed by atoms with van der Waals surface area (Å²) in [4.78, 5) is 4.00. The molecule has 0 aliphatic carbocycles. The first-order valence-corrected chi connectivity index (χ1v) is 8.09. The van der Waals surface area contributed by atoms with E-state index in [9.17, 15) is 13.5 Å². The molecule has 0 radical (unpaired) electrons. The predicted molar refractivity (Wildman–Crippen MR) is 74.6 cm³/mol. The Bertz CT molecular complexity index is 639. The van der Waals surface area contributed by atoms with Crippen molar-refractivity contribution in [1.29, 1.82) is 0 Å². The third-order valence-electron chi connectivity index (χ3n) is 2.59. The van der Waals surface area contributed by atoms with Crippen LogP contribution in [0.2, 0.25) is 0 Å². The van der Waals surface area contributed by atoms with Crippen molar-refractivity contribution in [2.24, 2.45) is 0 Å². The first kappa shape index (κ1) is 14.0. The molecule has 7 heteroatoms. The van der Waals surface area contributed by atoms with Crippen molar-refractivity contribution in [1.82, 2.24) is 4.98 Å². The summed E-state index contributed by atoms with van der Waals surface area (Å²) in [5.74, 6) is 0. The van der Waals surface area contributed by atoms with Gasteiger partial charge >= 0.3 is 0 Å². The number of aromatic nitrogens is 1. The lowest BCUT2D eigenvalue weighted by atomic mass is 10.1. The summed E-state index contributed by atoms with van der Waals surface area (Å²) < 4.78 is 26.7. The van der Waals surface area contributed by atoms with E-state index in [1.807, 2.05) is 6.92 Å². The minimum absolute atomic E-state index is 0.118. The zero-order valence-corrected chi connectivity index (χ0v) is 11.9. The van der Waals surface area contributed by atoms with Gasteiger partial charge in [0.05, 0.1) is 11.0 Å². The van der Waals surface area contributed by atoms with E-state index in [-0.39, 0.29) is 4.90 Å². The number of nitrogens with zero attached hydrogens (tertiary/aromatic N) is 1. The van der Waals surface area contributed by atoms with Gasteiger partial charge in [0.1, 0.15) is 0 Å². The highest BCUT2D eigenvalue weighted by Crippen LogP contribution is 2.22. The van der Waals surface area contributed by atoms with Crippen LogP contribution in [0.4, 0.5) is 5.13 Å². The minimum Gasteiger partial charge on any atom is -0.388 e. The number of aliphatic hydroxyl groups is 1. The van der Waals surface area contributed by atoms with E-state index >= 15 is 0 Å². The lowest BCUT2D eigenvalue weighted by Gasteiger charge is -2.10. The minimum atomic E-state index is -3.66. The Morgan fingerprint density at radius 2 is 2.26 bits per heavy atom. The molecule has 0 fully saturated rings. The number of nitrogens with one attached hydrogen (secondary N) is 1. The maximum atomic E-state index is 12.1. The molecule has 1 aromatic carbocycles. The number of thiazole rings is 1. The number of benzene rings is 1. The summed E-state index contributed by atoms with van der Waals surface area (Å²) in [6.07, 6.45) is 1.40. The molecule has 5 nitrogen and oxygen atoms in total. The van der Waals surface area contributed by atoms with Gasteiger partial charge in [-0.15, -0.1) is 11.3 Å². The smallest absolute Gasteiger partial charge is 0.263 e. The third kappa shape index (κ3) is 3.31. The standard InChI is InChI=1S/C12H14N2O3S2/c1-2-11(15)9-4-3-5-10(8-9)19(16,17)14-12-13-6-7-18-12/h3-8,11,15H,2H2,1H3,(H,13,14). The fourth-order valence-electron chi connectivity index (χ4n) is 1.57. The average Bonchev–Trinajstić information content (AvgIpc) is 2.90. The molecule has 19 heavy (non-hydrogen) atoms. The number of aliphatic hydroxyl groups excluding tert-OH is 1. The summed E-state index contributed by atoms with van der Waals surface area (Å²) in [6.45, 7) is 1.83. The van der Waals surface area contributed by atoms with Crippen LogP contribution in [0.1, 0.15) is 25.0 Å². The van der Waals surface area contributed by atoms with Gasteiger partial charge in [-0.25, -0.2) is 13.4 Å². The molecule has 1 unspecified atom stereocenters. The monoisotopic (exact) mass is 298 g/mol. The van der Waals surface area contributed by atoms with Crippen LogP contribution in [0.5, 0.6) is 0 Å². The SMILES string of the molecule is CCC(O)c1cccc(S(=O)(=O)Nc2nccs2)c1. The summed E-state index contributed by atoms with van der Waals surface area (Å²) >= 11 is 1.21. The van der Waals surface area contributed by atoms with Crippen molar-refractivity contribution in [2.45, 2.75) is 24.3 Å². The second kappa shape index (κ2) is 5.68. The molecule has 1 atom stereocenters. The molecule has 0 aliphatic rings. The highest BCUT2D eigenvalue weighted by molar-refractivity contribution is 7.93. The molecule has 0 amide bonds. The van der Waals surface area contributed by atoms with Crippen molar-refractivity contribution in [3.63, 3.8) is 0 Å². The van der Waals surface area contributed by atoms with E-state index in [1.54, 1.807) is 17.5 Å². The highest BCUT2D eigenvalue weighted by atomic mass is 32.2. The van der Waals surface area contributed by atoms with Crippen molar-refractivity contribution in [2.75, 3.05) is 4.72 Å². The average molecular weight is 298 g/mol. The van der Waals surface area contributed by atoms with Crippen molar-refractivity contribution in [3.05, 3.63) is 41.4 Å². The topological polar surface area (TPSA) is 79.3 Å². The molecule has 2 aromatic rings. The molecule has 1 aromatic heterocycles. The van der Waals surface area contributed by atoms with E-state index in [0.29, 0.717) is 17.1 Å². The quantitative estimate of drug-likeness (QED) is 0.888. The van der Waals surface area contributed by atoms with E-state index in [2.05, 4.69) is 9.71 Å². The normalized spacial score (nSPS) is 13.2. The van der Waals surface area contributed by atoms with E-state index < -0.39 is 16.1 Å². The summed E-state index contributed by atoms with van der Waals surface area (Å²) in [6, 6.07) is 6.28. The van der Waals surface area contributed by atoms with Crippen molar-refractivity contribution < 1.29 is 13.5 Å². The van der Waals surface area contributed by atoms with Gasteiger partial charge in [-0.2, -0.15) is 0 Å². The van der Waals surface area contributed by atoms with E-state index in [4.69, 9.17) is 0 Å². The highest BCUT2D eigenvalue weighted by Gasteiger charge is 2.17. The van der Waals surface area contributed by atoms with Crippen molar-refractivity contribution >= 4 is 26.5 Å². The Kier molecular flexibility index (Phi) is 4.18. The second-order valence-corrected chi connectivity index (χ2v) is 6.52. The van der Waals surface area contributed by atoms with E-state index in [1.165, 1.54) is 29.7 Å². The molecule has 0 spiro atoms. The largest absolute Gasteiger partial charge is 0.388 e. The fourth-order valence-corrected chi connectivity index (χ4v) is 3.42. The Labute approximate surface area is 116 Å². The lowest BCUT2D eigenvalue weighted by Crippen LogP contribution is -2.13. The van der Waals surface area contributed by atoms with Gasteiger partial charge in [-0.3, -0.25) is 4.72 Å². The molecule has 2 N–H and O–H groups in total. The Balaban J connectivity index is 2.30. The molecule has 0 aliphatic heterocycles. The van der Waals surface area contributed by atoms with Crippen LogP contribution in [0.3, 0.4) is 0 Å². The van der Waals surface area contributed by atoms with Crippen LogP contribution in [0, 0.1) is 0 Å². The van der Waals surface area contributed by atoms with Crippen LogP contribution >= 0.6 is 11.3 Å². The van der Waals surface area contributed by atoms with Gasteiger partial charge in [0.25, 0.3) is 10.0 Å². The van der Waals surface area contributed by atoms with Crippen LogP contribution < -0.4 is 4.72 Å². The van der Waals surface area contributed by atoms with Gasteiger partial charge in [0.15, 0.2) is 5.13 Å². The lowest BCUT2D eigenvalue weighted by molar-refractivity contribution is 0.173. The second-order valence-electron chi connectivity index (χ2n) is 3.94. The molecule has 1 heterocycles. The Morgan fingerprint density at radius 1 is 1.47 bits per heavy atom. The summed E-state index contributed by atoms with van der Waals surface area (Å²) in [7, 11) is -3.66. The molecule has 2 rings (SSSR count). The van der Waals surface area contributed by atoms with Gasteiger partial charge in [0, 0.05) is 11.6 Å². The number of rotatable bonds is 5. The first-order chi connectivity index (χ1) is 9.03.